The van der Waals surface area contributed by atoms with Crippen LogP contribution in [0.2, 0.25) is 0 Å². The predicted octanol–water partition coefficient (Wildman–Crippen LogP) is 2.82. The molecule has 0 aliphatic heterocycles. The second-order valence-electron chi connectivity index (χ2n) is 2.06. The Balaban J connectivity index is 2.79. The van der Waals surface area contributed by atoms with Crippen molar-refractivity contribution in [3.05, 3.63) is 28.1 Å². The van der Waals surface area contributed by atoms with Gasteiger partial charge in [-0.05, 0) is 19.9 Å². The molecule has 1 heteroatoms. The summed E-state index contributed by atoms with van der Waals surface area (Å²) in [5.41, 5.74) is 2.65. The van der Waals surface area contributed by atoms with Crippen molar-refractivity contribution in [3.63, 3.8) is 0 Å². The van der Waals surface area contributed by atoms with Crippen molar-refractivity contribution in [2.45, 2.75) is 13.8 Å². The lowest BCUT2D eigenvalue weighted by atomic mass is 10.2. The van der Waals surface area contributed by atoms with E-state index in [1.54, 1.807) is 0 Å². The van der Waals surface area contributed by atoms with E-state index in [-0.39, 0.29) is 0 Å². The Labute approximate surface area is 58.4 Å². The maximum atomic E-state index is 3.42. The molecule has 0 saturated carbocycles. The monoisotopic (exact) mass is 171 g/mol. The fourth-order valence-electron chi connectivity index (χ4n) is 0.766. The molecule has 0 fully saturated rings. The van der Waals surface area contributed by atoms with E-state index in [4.69, 9.17) is 0 Å². The molecule has 0 spiro atoms. The number of allylic oxidation sites excluding steroid dienone is 4. The lowest BCUT2D eigenvalue weighted by molar-refractivity contribution is 1.38. The van der Waals surface area contributed by atoms with E-state index >= 15 is 0 Å². The van der Waals surface area contributed by atoms with Gasteiger partial charge in [-0.3, -0.25) is 0 Å². The molecule has 0 saturated heterocycles. The Morgan fingerprint density at radius 1 is 1.38 bits per heavy atom. The van der Waals surface area contributed by atoms with Gasteiger partial charge in [0, 0.05) is 10.9 Å². The van der Waals surface area contributed by atoms with Crippen molar-refractivity contribution < 1.29 is 0 Å². The highest BCUT2D eigenvalue weighted by Crippen LogP contribution is 2.26. The molecule has 8 heavy (non-hydrogen) atoms. The van der Waals surface area contributed by atoms with Crippen LogP contribution < -0.4 is 0 Å². The van der Waals surface area contributed by atoms with Crippen LogP contribution >= 0.6 is 15.9 Å². The zero-order valence-electron chi connectivity index (χ0n) is 5.03. The fourth-order valence-corrected chi connectivity index (χ4v) is 1.24. The molecule has 1 aliphatic rings. The molecular weight excluding hydrogens is 164 g/mol. The normalized spacial score (nSPS) is 19.6. The number of halogens is 1. The molecule has 0 aromatic carbocycles. The van der Waals surface area contributed by atoms with Gasteiger partial charge in [0.05, 0.1) is 0 Å². The Kier molecular flexibility index (Phi) is 1.57. The Bertz CT molecular complexity index is 163. The van der Waals surface area contributed by atoms with Crippen LogP contribution in [0.1, 0.15) is 13.8 Å². The summed E-state index contributed by atoms with van der Waals surface area (Å²) < 4.78 is 1.22. The molecule has 1 rings (SSSR count). The molecule has 0 bridgehead atoms. The summed E-state index contributed by atoms with van der Waals surface area (Å²) in [5.74, 6) is 0. The molecule has 0 aromatic heterocycles. The smallest absolute Gasteiger partial charge is 0.0170 e. The number of rotatable bonds is 0. The summed E-state index contributed by atoms with van der Waals surface area (Å²) in [6, 6.07) is 0. The molecule has 0 aromatic rings. The largest absolute Gasteiger partial charge is 0.0641 e. The van der Waals surface area contributed by atoms with Crippen molar-refractivity contribution in [2.24, 2.45) is 0 Å². The summed E-state index contributed by atoms with van der Waals surface area (Å²) in [4.78, 5) is 0. The lowest BCUT2D eigenvalue weighted by Crippen LogP contribution is -1.70. The highest BCUT2D eigenvalue weighted by atomic mass is 79.9. The molecule has 0 heterocycles. The van der Waals surface area contributed by atoms with E-state index in [0.717, 1.165) is 0 Å². The maximum absolute atomic E-state index is 3.42. The first-order valence-corrected chi connectivity index (χ1v) is 3.39. The zero-order chi connectivity index (χ0) is 6.15. The van der Waals surface area contributed by atoms with E-state index in [0.29, 0.717) is 0 Å². The Morgan fingerprint density at radius 3 is 2.12 bits per heavy atom. The molecular formula is C7H8Br. The van der Waals surface area contributed by atoms with Gasteiger partial charge in [0.1, 0.15) is 0 Å². The topological polar surface area (TPSA) is 0 Å². The van der Waals surface area contributed by atoms with Crippen molar-refractivity contribution in [1.29, 1.82) is 0 Å². The maximum Gasteiger partial charge on any atom is 0.0170 e. The second-order valence-corrected chi connectivity index (χ2v) is 2.92. The quantitative estimate of drug-likeness (QED) is 0.527. The minimum Gasteiger partial charge on any atom is -0.0641 e. The molecule has 43 valence electrons. The Morgan fingerprint density at radius 2 is 2.00 bits per heavy atom. The van der Waals surface area contributed by atoms with Gasteiger partial charge in [0.2, 0.25) is 0 Å². The minimum atomic E-state index is 1.22. The van der Waals surface area contributed by atoms with Gasteiger partial charge in [0.25, 0.3) is 0 Å². The van der Waals surface area contributed by atoms with E-state index in [9.17, 15) is 0 Å². The SMILES string of the molecule is CC1=CC(Br)=C(C)[CH]1. The van der Waals surface area contributed by atoms with Gasteiger partial charge < -0.3 is 0 Å². The molecule has 0 N–H and O–H groups in total. The van der Waals surface area contributed by atoms with Crippen LogP contribution in [0.25, 0.3) is 0 Å². The van der Waals surface area contributed by atoms with Gasteiger partial charge in [-0.1, -0.05) is 27.1 Å². The average Bonchev–Trinajstić information content (AvgIpc) is 1.85. The predicted molar refractivity (Wildman–Crippen MR) is 39.7 cm³/mol. The van der Waals surface area contributed by atoms with Crippen molar-refractivity contribution in [3.8, 4) is 0 Å². The van der Waals surface area contributed by atoms with Gasteiger partial charge in [-0.25, -0.2) is 0 Å². The van der Waals surface area contributed by atoms with Crippen LogP contribution in [-0.4, -0.2) is 0 Å². The summed E-state index contributed by atoms with van der Waals surface area (Å²) >= 11 is 3.42. The van der Waals surface area contributed by atoms with Crippen LogP contribution in [0, 0.1) is 6.42 Å². The number of hydrogen-bond acceptors (Lipinski definition) is 0. The van der Waals surface area contributed by atoms with Crippen molar-refractivity contribution in [2.75, 3.05) is 0 Å². The highest BCUT2D eigenvalue weighted by Gasteiger charge is 2.05. The molecule has 1 aliphatic carbocycles. The van der Waals surface area contributed by atoms with Crippen LogP contribution in [-0.2, 0) is 0 Å². The van der Waals surface area contributed by atoms with E-state index in [1.807, 2.05) is 0 Å². The van der Waals surface area contributed by atoms with Crippen molar-refractivity contribution >= 4 is 15.9 Å². The Hall–Kier alpha value is -0.0400. The van der Waals surface area contributed by atoms with Crippen LogP contribution in [0.15, 0.2) is 21.7 Å². The van der Waals surface area contributed by atoms with Gasteiger partial charge in [0.15, 0.2) is 0 Å². The average molecular weight is 172 g/mol. The summed E-state index contributed by atoms with van der Waals surface area (Å²) in [5, 5.41) is 0. The van der Waals surface area contributed by atoms with Crippen LogP contribution in [0.3, 0.4) is 0 Å². The fraction of sp³-hybridized carbons (Fsp3) is 0.286. The van der Waals surface area contributed by atoms with Crippen LogP contribution in [0.5, 0.6) is 0 Å². The standard InChI is InChI=1S/C7H8Br/c1-5-3-6(2)7(8)4-5/h3-4H,1-2H3. The van der Waals surface area contributed by atoms with Gasteiger partial charge >= 0.3 is 0 Å². The number of hydrogen-bond donors (Lipinski definition) is 0. The van der Waals surface area contributed by atoms with Gasteiger partial charge in [-0.2, -0.15) is 0 Å². The summed E-state index contributed by atoms with van der Waals surface area (Å²) in [6.45, 7) is 4.19. The first-order chi connectivity index (χ1) is 3.70. The zero-order valence-corrected chi connectivity index (χ0v) is 6.62. The minimum absolute atomic E-state index is 1.22. The highest BCUT2D eigenvalue weighted by molar-refractivity contribution is 9.11. The lowest BCUT2D eigenvalue weighted by Gasteiger charge is -1.88. The molecule has 1 radical (unpaired) electrons. The third-order valence-electron chi connectivity index (χ3n) is 1.18. The molecule has 0 nitrogen and oxygen atoms in total. The van der Waals surface area contributed by atoms with Gasteiger partial charge in [-0.15, -0.1) is 0 Å². The third kappa shape index (κ3) is 1.03. The third-order valence-corrected chi connectivity index (χ3v) is 2.03. The molecule has 0 atom stereocenters. The van der Waals surface area contributed by atoms with Crippen LogP contribution in [0.4, 0.5) is 0 Å². The summed E-state index contributed by atoms with van der Waals surface area (Å²) in [7, 11) is 0. The molecule has 0 amide bonds. The van der Waals surface area contributed by atoms with E-state index in [2.05, 4.69) is 42.3 Å². The first-order valence-electron chi connectivity index (χ1n) is 2.59. The second kappa shape index (κ2) is 2.06. The van der Waals surface area contributed by atoms with E-state index in [1.165, 1.54) is 15.6 Å². The van der Waals surface area contributed by atoms with E-state index < -0.39 is 0 Å². The summed E-state index contributed by atoms with van der Waals surface area (Å²) in [6.07, 6.45) is 4.28. The van der Waals surface area contributed by atoms with Crippen molar-refractivity contribution in [1.82, 2.24) is 0 Å². The first kappa shape index (κ1) is 6.09. The molecule has 0 unspecified atom stereocenters.